The SMILES string of the molecule is C=CCc1nc2[nH]ccc2cc1C(N)=O. The van der Waals surface area contributed by atoms with Crippen molar-refractivity contribution in [2.24, 2.45) is 5.73 Å². The van der Waals surface area contributed by atoms with E-state index in [-0.39, 0.29) is 0 Å². The number of carbonyl (C=O) groups excluding carboxylic acids is 1. The van der Waals surface area contributed by atoms with Crippen LogP contribution in [-0.2, 0) is 6.42 Å². The molecule has 4 heteroatoms. The monoisotopic (exact) mass is 201 g/mol. The third kappa shape index (κ3) is 1.61. The number of nitrogens with one attached hydrogen (secondary N) is 1. The van der Waals surface area contributed by atoms with Gasteiger partial charge < -0.3 is 10.7 Å². The third-order valence-electron chi connectivity index (χ3n) is 2.22. The van der Waals surface area contributed by atoms with E-state index >= 15 is 0 Å². The average molecular weight is 201 g/mol. The zero-order valence-corrected chi connectivity index (χ0v) is 8.16. The second-order valence-electron chi connectivity index (χ2n) is 3.26. The number of nitrogens with zero attached hydrogens (tertiary/aromatic N) is 1. The van der Waals surface area contributed by atoms with E-state index in [1.807, 2.05) is 6.07 Å². The van der Waals surface area contributed by atoms with Gasteiger partial charge in [-0.3, -0.25) is 4.79 Å². The molecule has 0 bridgehead atoms. The lowest BCUT2D eigenvalue weighted by Crippen LogP contribution is -2.14. The number of nitrogens with two attached hydrogens (primary N) is 1. The second-order valence-corrected chi connectivity index (χ2v) is 3.26. The number of carbonyl (C=O) groups is 1. The van der Waals surface area contributed by atoms with E-state index in [4.69, 9.17) is 5.73 Å². The highest BCUT2D eigenvalue weighted by Crippen LogP contribution is 2.16. The number of H-pyrrole nitrogens is 1. The first-order valence-electron chi connectivity index (χ1n) is 4.60. The number of allylic oxidation sites excluding steroid dienone is 1. The molecule has 15 heavy (non-hydrogen) atoms. The highest BCUT2D eigenvalue weighted by Gasteiger charge is 2.10. The van der Waals surface area contributed by atoms with Crippen LogP contribution in [0.15, 0.2) is 31.0 Å². The molecule has 0 fully saturated rings. The van der Waals surface area contributed by atoms with Gasteiger partial charge >= 0.3 is 0 Å². The zero-order valence-electron chi connectivity index (χ0n) is 8.16. The molecule has 0 saturated carbocycles. The first-order valence-corrected chi connectivity index (χ1v) is 4.60. The summed E-state index contributed by atoms with van der Waals surface area (Å²) < 4.78 is 0. The lowest BCUT2D eigenvalue weighted by molar-refractivity contribution is 0.0999. The van der Waals surface area contributed by atoms with E-state index < -0.39 is 5.91 Å². The normalized spacial score (nSPS) is 10.4. The molecule has 2 aromatic rings. The summed E-state index contributed by atoms with van der Waals surface area (Å²) >= 11 is 0. The molecule has 2 aromatic heterocycles. The van der Waals surface area contributed by atoms with Gasteiger partial charge in [0.05, 0.1) is 11.3 Å². The highest BCUT2D eigenvalue weighted by molar-refractivity contribution is 5.97. The van der Waals surface area contributed by atoms with Crippen molar-refractivity contribution in [2.75, 3.05) is 0 Å². The van der Waals surface area contributed by atoms with Gasteiger partial charge in [-0.1, -0.05) is 6.08 Å². The minimum atomic E-state index is -0.456. The first-order chi connectivity index (χ1) is 7.22. The first kappa shape index (κ1) is 9.45. The molecule has 0 spiro atoms. The summed E-state index contributed by atoms with van der Waals surface area (Å²) in [6.07, 6.45) is 4.01. The van der Waals surface area contributed by atoms with Crippen molar-refractivity contribution in [3.05, 3.63) is 42.2 Å². The lowest BCUT2D eigenvalue weighted by atomic mass is 10.1. The topological polar surface area (TPSA) is 71.8 Å². The Morgan fingerprint density at radius 1 is 1.67 bits per heavy atom. The van der Waals surface area contributed by atoms with Gasteiger partial charge in [-0.05, 0) is 12.1 Å². The minimum absolute atomic E-state index is 0.456. The summed E-state index contributed by atoms with van der Waals surface area (Å²) in [7, 11) is 0. The number of amides is 1. The van der Waals surface area contributed by atoms with E-state index in [1.54, 1.807) is 18.3 Å². The number of hydrogen-bond acceptors (Lipinski definition) is 2. The van der Waals surface area contributed by atoms with Crippen LogP contribution in [0.5, 0.6) is 0 Å². The molecule has 0 aromatic carbocycles. The number of rotatable bonds is 3. The van der Waals surface area contributed by atoms with Gasteiger partial charge in [0.25, 0.3) is 5.91 Å². The molecule has 0 aliphatic carbocycles. The summed E-state index contributed by atoms with van der Waals surface area (Å²) in [6, 6.07) is 3.60. The van der Waals surface area contributed by atoms with Gasteiger partial charge in [-0.25, -0.2) is 4.98 Å². The Bertz CT molecular complexity index is 528. The van der Waals surface area contributed by atoms with Gasteiger partial charge in [0, 0.05) is 18.0 Å². The summed E-state index contributed by atoms with van der Waals surface area (Å²) in [5, 5.41) is 0.886. The van der Waals surface area contributed by atoms with Gasteiger partial charge in [0.1, 0.15) is 5.65 Å². The molecule has 0 unspecified atom stereocenters. The van der Waals surface area contributed by atoms with E-state index in [0.717, 1.165) is 11.0 Å². The smallest absolute Gasteiger partial charge is 0.250 e. The van der Waals surface area contributed by atoms with E-state index in [9.17, 15) is 4.79 Å². The maximum atomic E-state index is 11.2. The molecule has 0 aliphatic rings. The van der Waals surface area contributed by atoms with Crippen LogP contribution in [0.1, 0.15) is 16.1 Å². The number of aromatic nitrogens is 2. The Labute approximate surface area is 86.8 Å². The fourth-order valence-electron chi connectivity index (χ4n) is 1.53. The van der Waals surface area contributed by atoms with Crippen LogP contribution < -0.4 is 5.73 Å². The summed E-state index contributed by atoms with van der Waals surface area (Å²) in [5.74, 6) is -0.456. The number of primary amides is 1. The van der Waals surface area contributed by atoms with Crippen molar-refractivity contribution in [3.63, 3.8) is 0 Å². The fourth-order valence-corrected chi connectivity index (χ4v) is 1.53. The molecule has 0 radical (unpaired) electrons. The van der Waals surface area contributed by atoms with Crippen LogP contribution in [0.2, 0.25) is 0 Å². The number of fused-ring (bicyclic) bond motifs is 1. The number of pyridine rings is 1. The Morgan fingerprint density at radius 2 is 2.47 bits per heavy atom. The highest BCUT2D eigenvalue weighted by atomic mass is 16.1. The Balaban J connectivity index is 2.67. The van der Waals surface area contributed by atoms with Crippen LogP contribution >= 0.6 is 0 Å². The van der Waals surface area contributed by atoms with Crippen molar-refractivity contribution in [1.82, 2.24) is 9.97 Å². The van der Waals surface area contributed by atoms with Crippen molar-refractivity contribution >= 4 is 16.9 Å². The van der Waals surface area contributed by atoms with Gasteiger partial charge in [-0.15, -0.1) is 6.58 Å². The van der Waals surface area contributed by atoms with Crippen LogP contribution in [0.25, 0.3) is 11.0 Å². The Kier molecular flexibility index (Phi) is 2.25. The van der Waals surface area contributed by atoms with Crippen molar-refractivity contribution in [1.29, 1.82) is 0 Å². The molecule has 3 N–H and O–H groups in total. The molecule has 76 valence electrons. The molecule has 0 aliphatic heterocycles. The number of hydrogen-bond donors (Lipinski definition) is 2. The maximum absolute atomic E-state index is 11.2. The molecule has 0 atom stereocenters. The Hall–Kier alpha value is -2.10. The van der Waals surface area contributed by atoms with Crippen molar-refractivity contribution in [3.8, 4) is 0 Å². The Morgan fingerprint density at radius 3 is 3.13 bits per heavy atom. The average Bonchev–Trinajstić information content (AvgIpc) is 2.63. The minimum Gasteiger partial charge on any atom is -0.366 e. The third-order valence-corrected chi connectivity index (χ3v) is 2.22. The standard InChI is InChI=1S/C11H11N3O/c1-2-3-9-8(10(12)15)6-7-4-5-13-11(7)14-9/h2,4-6H,1,3H2,(H2,12,15)(H,13,14). The predicted molar refractivity (Wildman–Crippen MR) is 58.5 cm³/mol. The fraction of sp³-hybridized carbons (Fsp3) is 0.0909. The van der Waals surface area contributed by atoms with Crippen LogP contribution in [0, 0.1) is 0 Å². The summed E-state index contributed by atoms with van der Waals surface area (Å²) in [4.78, 5) is 18.5. The van der Waals surface area contributed by atoms with E-state index in [0.29, 0.717) is 17.7 Å². The molecular weight excluding hydrogens is 190 g/mol. The van der Waals surface area contributed by atoms with E-state index in [2.05, 4.69) is 16.5 Å². The van der Waals surface area contributed by atoms with E-state index in [1.165, 1.54) is 0 Å². The second kappa shape index (κ2) is 3.57. The molecule has 4 nitrogen and oxygen atoms in total. The summed E-state index contributed by atoms with van der Waals surface area (Å²) in [6.45, 7) is 3.62. The largest absolute Gasteiger partial charge is 0.366 e. The van der Waals surface area contributed by atoms with Crippen molar-refractivity contribution in [2.45, 2.75) is 6.42 Å². The van der Waals surface area contributed by atoms with Gasteiger partial charge in [0.2, 0.25) is 0 Å². The molecule has 2 heterocycles. The molecular formula is C11H11N3O. The predicted octanol–water partition coefficient (Wildman–Crippen LogP) is 1.39. The van der Waals surface area contributed by atoms with Gasteiger partial charge in [0.15, 0.2) is 0 Å². The lowest BCUT2D eigenvalue weighted by Gasteiger charge is -2.03. The van der Waals surface area contributed by atoms with Crippen molar-refractivity contribution < 1.29 is 4.79 Å². The van der Waals surface area contributed by atoms with Crippen LogP contribution in [0.4, 0.5) is 0 Å². The quantitative estimate of drug-likeness (QED) is 0.736. The molecule has 0 saturated heterocycles. The summed E-state index contributed by atoms with van der Waals surface area (Å²) in [5.41, 5.74) is 7.16. The van der Waals surface area contributed by atoms with Crippen LogP contribution in [0.3, 0.4) is 0 Å². The maximum Gasteiger partial charge on any atom is 0.250 e. The molecule has 1 amide bonds. The zero-order chi connectivity index (χ0) is 10.8. The van der Waals surface area contributed by atoms with Crippen LogP contribution in [-0.4, -0.2) is 15.9 Å². The molecule has 2 rings (SSSR count). The van der Waals surface area contributed by atoms with Gasteiger partial charge in [-0.2, -0.15) is 0 Å². The number of aromatic amines is 1.